The van der Waals surface area contributed by atoms with Gasteiger partial charge in [0.1, 0.15) is 5.75 Å². The fourth-order valence-corrected chi connectivity index (χ4v) is 11.1. The largest absolute Gasteiger partial charge is 0.497 e. The molecule has 2 unspecified atom stereocenters. The fourth-order valence-electron chi connectivity index (χ4n) is 9.94. The average molecular weight is 704 g/mol. The molecular formula is C38H49N5O6S. The number of hydrogen-bond donors (Lipinski definition) is 1. The van der Waals surface area contributed by atoms with Crippen LogP contribution in [0.5, 0.6) is 5.75 Å². The summed E-state index contributed by atoms with van der Waals surface area (Å²) in [6.45, 7) is 5.12. The second-order valence-corrected chi connectivity index (χ2v) is 17.0. The standard InChI is InChI=1S/C38H47N5O6S.H2/c1-48-28-10-12-29-31(21-28)32-22-38(32,37(45)41-15-14-40-13-5-8-27(40)23-41)24-43-33-20-26(36(44)39-50(46,47)42-16-18-49-19-17-42)9-11-30(33)34(35(29)43)25-6-3-2-4-7-25;/h9-12,20-21,25,27,32H,2-8,13-19,22-24H2,1H3,(H,39,44);1H/t27-,32?,38?;/m0./s1. The zero-order valence-electron chi connectivity index (χ0n) is 28.9. The van der Waals surface area contributed by atoms with Gasteiger partial charge in [-0.25, -0.2) is 4.72 Å². The van der Waals surface area contributed by atoms with Gasteiger partial charge in [0.15, 0.2) is 0 Å². The second kappa shape index (κ2) is 12.4. The van der Waals surface area contributed by atoms with Crippen molar-refractivity contribution in [3.05, 3.63) is 53.1 Å². The Morgan fingerprint density at radius 1 is 0.960 bits per heavy atom. The number of morpholine rings is 1. The third kappa shape index (κ3) is 5.28. The first-order valence-electron chi connectivity index (χ1n) is 18.6. The summed E-state index contributed by atoms with van der Waals surface area (Å²) in [6.07, 6.45) is 8.87. The van der Waals surface area contributed by atoms with Gasteiger partial charge in [-0.1, -0.05) is 25.3 Å². The van der Waals surface area contributed by atoms with E-state index in [9.17, 15) is 18.0 Å². The number of aromatic nitrogens is 1. The third-order valence-corrected chi connectivity index (χ3v) is 14.1. The van der Waals surface area contributed by atoms with E-state index in [4.69, 9.17) is 9.47 Å². The Morgan fingerprint density at radius 2 is 1.78 bits per heavy atom. The van der Waals surface area contributed by atoms with Crippen LogP contribution in [0.25, 0.3) is 22.2 Å². The Labute approximate surface area is 295 Å². The minimum atomic E-state index is -4.03. The number of hydrogen-bond acceptors (Lipinski definition) is 7. The summed E-state index contributed by atoms with van der Waals surface area (Å²) in [5, 5.41) is 1.09. The lowest BCUT2D eigenvalue weighted by Crippen LogP contribution is -2.54. The zero-order chi connectivity index (χ0) is 34.2. The van der Waals surface area contributed by atoms with Crippen LogP contribution in [0.3, 0.4) is 0 Å². The van der Waals surface area contributed by atoms with E-state index in [1.165, 1.54) is 41.1 Å². The SMILES string of the molecule is COc1ccc2c(c1)C1CC1(C(=O)N1CCN3CCC[C@H]3C1)Cn1c-2c(C2CCCCC2)c2ccc(C(=O)NS(=O)(=O)N3CCOCC3)cc21.[HH]. The van der Waals surface area contributed by atoms with Gasteiger partial charge in [-0.3, -0.25) is 14.5 Å². The number of piperazine rings is 1. The summed E-state index contributed by atoms with van der Waals surface area (Å²) in [6, 6.07) is 12.4. The number of nitrogens with one attached hydrogen (secondary N) is 1. The van der Waals surface area contributed by atoms with E-state index in [0.29, 0.717) is 31.7 Å². The van der Waals surface area contributed by atoms with Crippen molar-refractivity contribution in [2.24, 2.45) is 5.41 Å². The van der Waals surface area contributed by atoms with E-state index in [0.717, 1.165) is 79.8 Å². The van der Waals surface area contributed by atoms with E-state index in [1.54, 1.807) is 13.2 Å². The Balaban J connectivity index is 0.00000374. The van der Waals surface area contributed by atoms with Crippen LogP contribution >= 0.6 is 0 Å². The lowest BCUT2D eigenvalue weighted by molar-refractivity contribution is -0.140. The minimum absolute atomic E-state index is 0. The van der Waals surface area contributed by atoms with Gasteiger partial charge in [0, 0.05) is 74.7 Å². The molecule has 2 aliphatic carbocycles. The molecule has 12 heteroatoms. The van der Waals surface area contributed by atoms with Crippen molar-refractivity contribution < 1.29 is 28.9 Å². The van der Waals surface area contributed by atoms with E-state index >= 15 is 0 Å². The molecule has 3 saturated heterocycles. The summed E-state index contributed by atoms with van der Waals surface area (Å²) >= 11 is 0. The van der Waals surface area contributed by atoms with Crippen molar-refractivity contribution in [3.8, 4) is 17.0 Å². The molecule has 2 saturated carbocycles. The number of ether oxygens (including phenoxy) is 2. The molecule has 0 radical (unpaired) electrons. The molecule has 5 fully saturated rings. The van der Waals surface area contributed by atoms with Gasteiger partial charge in [0.2, 0.25) is 5.91 Å². The maximum absolute atomic E-state index is 14.9. The molecule has 268 valence electrons. The molecule has 4 aliphatic heterocycles. The summed E-state index contributed by atoms with van der Waals surface area (Å²) in [4.78, 5) is 33.2. The summed E-state index contributed by atoms with van der Waals surface area (Å²) < 4.78 is 43.3. The number of amides is 2. The summed E-state index contributed by atoms with van der Waals surface area (Å²) in [5.74, 6) is 0.802. The molecule has 3 aromatic rings. The molecule has 3 atom stereocenters. The first-order valence-corrected chi connectivity index (χ1v) is 20.0. The van der Waals surface area contributed by atoms with Crippen molar-refractivity contribution >= 4 is 32.9 Å². The van der Waals surface area contributed by atoms with Gasteiger partial charge in [-0.05, 0) is 86.0 Å². The van der Waals surface area contributed by atoms with E-state index in [2.05, 4.69) is 31.2 Å². The van der Waals surface area contributed by atoms with Gasteiger partial charge < -0.3 is 18.9 Å². The quantitative estimate of drug-likeness (QED) is 0.396. The van der Waals surface area contributed by atoms with Crippen LogP contribution in [0.4, 0.5) is 0 Å². The number of methoxy groups -OCH3 is 1. The van der Waals surface area contributed by atoms with E-state index < -0.39 is 21.5 Å². The molecule has 50 heavy (non-hydrogen) atoms. The predicted molar refractivity (Wildman–Crippen MR) is 192 cm³/mol. The van der Waals surface area contributed by atoms with Crippen molar-refractivity contribution in [1.82, 2.24) is 23.4 Å². The van der Waals surface area contributed by atoms with Crippen LogP contribution in [-0.4, -0.2) is 105 Å². The fraction of sp³-hybridized carbons (Fsp3) is 0.579. The molecule has 0 spiro atoms. The number of rotatable bonds is 6. The molecule has 5 heterocycles. The molecule has 0 bridgehead atoms. The number of carbonyl (C=O) groups excluding carboxylic acids is 2. The number of benzene rings is 2. The van der Waals surface area contributed by atoms with Crippen LogP contribution in [0, 0.1) is 5.41 Å². The van der Waals surface area contributed by atoms with Crippen LogP contribution in [-0.2, 0) is 26.3 Å². The van der Waals surface area contributed by atoms with Crippen LogP contribution in [0.2, 0.25) is 0 Å². The first kappa shape index (κ1) is 32.5. The molecule has 1 N–H and O–H groups in total. The zero-order valence-corrected chi connectivity index (χ0v) is 29.7. The highest BCUT2D eigenvalue weighted by atomic mass is 32.2. The van der Waals surface area contributed by atoms with Crippen LogP contribution < -0.4 is 9.46 Å². The van der Waals surface area contributed by atoms with Gasteiger partial charge in [-0.15, -0.1) is 0 Å². The van der Waals surface area contributed by atoms with Gasteiger partial charge in [0.25, 0.3) is 5.91 Å². The van der Waals surface area contributed by atoms with Crippen molar-refractivity contribution in [3.63, 3.8) is 0 Å². The topological polar surface area (TPSA) is 113 Å². The summed E-state index contributed by atoms with van der Waals surface area (Å²) in [7, 11) is -2.33. The van der Waals surface area contributed by atoms with Crippen molar-refractivity contribution in [2.75, 3.05) is 59.6 Å². The highest BCUT2D eigenvalue weighted by Gasteiger charge is 2.64. The Morgan fingerprint density at radius 3 is 2.58 bits per heavy atom. The molecule has 6 aliphatic rings. The number of nitrogens with zero attached hydrogens (tertiary/aromatic N) is 4. The maximum atomic E-state index is 14.9. The highest BCUT2D eigenvalue weighted by Crippen LogP contribution is 2.66. The molecule has 11 nitrogen and oxygen atoms in total. The summed E-state index contributed by atoms with van der Waals surface area (Å²) in [5.41, 5.74) is 5.33. The van der Waals surface area contributed by atoms with Gasteiger partial charge in [0.05, 0.1) is 31.4 Å². The smallest absolute Gasteiger partial charge is 0.304 e. The van der Waals surface area contributed by atoms with Crippen molar-refractivity contribution in [2.45, 2.75) is 75.8 Å². The lowest BCUT2D eigenvalue weighted by Gasteiger charge is -2.39. The van der Waals surface area contributed by atoms with E-state index in [1.807, 2.05) is 18.2 Å². The maximum Gasteiger partial charge on any atom is 0.304 e. The second-order valence-electron chi connectivity index (χ2n) is 15.3. The van der Waals surface area contributed by atoms with Gasteiger partial charge in [-0.2, -0.15) is 12.7 Å². The molecule has 1 aromatic heterocycles. The molecule has 2 aromatic carbocycles. The van der Waals surface area contributed by atoms with Crippen LogP contribution in [0.1, 0.15) is 86.1 Å². The normalized spacial score (nSPS) is 27.2. The van der Waals surface area contributed by atoms with Crippen LogP contribution in [0.15, 0.2) is 36.4 Å². The average Bonchev–Trinajstić information content (AvgIpc) is 3.56. The minimum Gasteiger partial charge on any atom is -0.497 e. The predicted octanol–water partition coefficient (Wildman–Crippen LogP) is 4.71. The van der Waals surface area contributed by atoms with E-state index in [-0.39, 0.29) is 31.9 Å². The number of fused-ring (bicyclic) bond motifs is 8. The van der Waals surface area contributed by atoms with Gasteiger partial charge >= 0.3 is 10.2 Å². The lowest BCUT2D eigenvalue weighted by atomic mass is 9.81. The number of carbonyl (C=O) groups is 2. The Bertz CT molecular complexity index is 1970. The monoisotopic (exact) mass is 703 g/mol. The molecular weight excluding hydrogens is 655 g/mol. The Kier molecular flexibility index (Phi) is 8.02. The third-order valence-electron chi connectivity index (χ3n) is 12.6. The molecule has 9 rings (SSSR count). The highest BCUT2D eigenvalue weighted by molar-refractivity contribution is 7.87. The first-order chi connectivity index (χ1) is 24.3. The molecule has 2 amide bonds. The van der Waals surface area contributed by atoms with Crippen molar-refractivity contribution in [1.29, 1.82) is 0 Å². The Hall–Kier alpha value is -3.45.